The topological polar surface area (TPSA) is 71.1 Å². The minimum absolute atomic E-state index is 0.135. The van der Waals surface area contributed by atoms with E-state index in [2.05, 4.69) is 16.1 Å². The zero-order chi connectivity index (χ0) is 18.2. The average Bonchev–Trinajstić information content (AvgIpc) is 2.66. The molecule has 0 heterocycles. The molecule has 6 heteroatoms. The summed E-state index contributed by atoms with van der Waals surface area (Å²) in [7, 11) is 2.65. The van der Waals surface area contributed by atoms with Crippen LogP contribution < -0.4 is 9.47 Å². The fourth-order valence-corrected chi connectivity index (χ4v) is 1.94. The molecule has 0 aliphatic heterocycles. The van der Waals surface area contributed by atoms with Crippen LogP contribution in [-0.2, 0) is 9.47 Å². The maximum atomic E-state index is 11.4. The Morgan fingerprint density at radius 1 is 0.800 bits per heavy atom. The fourth-order valence-electron chi connectivity index (χ4n) is 1.94. The number of esters is 2. The van der Waals surface area contributed by atoms with Crippen molar-refractivity contribution >= 4 is 11.9 Å². The van der Waals surface area contributed by atoms with Gasteiger partial charge in [0.1, 0.15) is 23.9 Å². The summed E-state index contributed by atoms with van der Waals surface area (Å²) in [5.41, 5.74) is 0.873. The predicted octanol–water partition coefficient (Wildman–Crippen LogP) is 3.23. The van der Waals surface area contributed by atoms with E-state index < -0.39 is 11.9 Å². The summed E-state index contributed by atoms with van der Waals surface area (Å²) in [5, 5.41) is 0. The van der Waals surface area contributed by atoms with Crippen LogP contribution in [0.3, 0.4) is 0 Å². The van der Waals surface area contributed by atoms with Crippen molar-refractivity contribution in [2.24, 2.45) is 0 Å². The van der Waals surface area contributed by atoms with Gasteiger partial charge in [0.15, 0.2) is 0 Å². The lowest BCUT2D eigenvalue weighted by Gasteiger charge is -2.11. The van der Waals surface area contributed by atoms with Crippen molar-refractivity contribution < 1.29 is 28.5 Å². The molecular formula is C19H18O6. The summed E-state index contributed by atoms with van der Waals surface area (Å²) in [6.45, 7) is 3.92. The van der Waals surface area contributed by atoms with Gasteiger partial charge in [-0.2, -0.15) is 0 Å². The molecule has 0 amide bonds. The van der Waals surface area contributed by atoms with Crippen LogP contribution in [0.15, 0.2) is 60.9 Å². The number of ether oxygens (including phenoxy) is 4. The molecular weight excluding hydrogens is 324 g/mol. The van der Waals surface area contributed by atoms with Crippen molar-refractivity contribution in [1.82, 2.24) is 0 Å². The molecule has 25 heavy (non-hydrogen) atoms. The third kappa shape index (κ3) is 5.10. The van der Waals surface area contributed by atoms with E-state index in [9.17, 15) is 9.59 Å². The van der Waals surface area contributed by atoms with E-state index in [0.29, 0.717) is 28.4 Å². The molecule has 0 atom stereocenters. The summed E-state index contributed by atoms with van der Waals surface area (Å²) in [6, 6.07) is 13.0. The van der Waals surface area contributed by atoms with Gasteiger partial charge in [-0.15, -0.1) is 0 Å². The number of hydrogen-bond donors (Lipinski definition) is 0. The molecule has 0 unspecified atom stereocenters. The normalized spacial score (nSPS) is 9.84. The van der Waals surface area contributed by atoms with Crippen LogP contribution in [-0.4, -0.2) is 32.8 Å². The minimum Gasteiger partial charge on any atom is -0.486 e. The van der Waals surface area contributed by atoms with Crippen molar-refractivity contribution in [2.75, 3.05) is 20.8 Å². The molecule has 0 saturated carbocycles. The Morgan fingerprint density at radius 2 is 1.24 bits per heavy atom. The SMILES string of the molecule is C=C(COc1ccc(C(=O)OC)cc1)Oc1ccc(C(=O)OC)cc1. The van der Waals surface area contributed by atoms with Crippen LogP contribution in [0.2, 0.25) is 0 Å². The molecule has 0 aromatic heterocycles. The van der Waals surface area contributed by atoms with Crippen molar-refractivity contribution in [3.8, 4) is 11.5 Å². The first-order chi connectivity index (χ1) is 12.0. The highest BCUT2D eigenvalue weighted by atomic mass is 16.5. The Morgan fingerprint density at radius 3 is 1.68 bits per heavy atom. The van der Waals surface area contributed by atoms with Gasteiger partial charge in [0.25, 0.3) is 0 Å². The number of methoxy groups -OCH3 is 2. The van der Waals surface area contributed by atoms with Crippen molar-refractivity contribution in [3.05, 3.63) is 72.0 Å². The highest BCUT2D eigenvalue weighted by Gasteiger charge is 2.07. The molecule has 0 aliphatic rings. The summed E-state index contributed by atoms with van der Waals surface area (Å²) in [5.74, 6) is 0.669. The monoisotopic (exact) mass is 342 g/mol. The number of carbonyl (C=O) groups is 2. The second kappa shape index (κ2) is 8.54. The van der Waals surface area contributed by atoms with E-state index in [0.717, 1.165) is 0 Å². The first-order valence-corrected chi connectivity index (χ1v) is 7.38. The quantitative estimate of drug-likeness (QED) is 0.568. The maximum Gasteiger partial charge on any atom is 0.337 e. The molecule has 0 aliphatic carbocycles. The lowest BCUT2D eigenvalue weighted by atomic mass is 10.2. The van der Waals surface area contributed by atoms with Crippen LogP contribution in [0, 0.1) is 0 Å². The molecule has 2 aromatic rings. The summed E-state index contributed by atoms with van der Waals surface area (Å²) < 4.78 is 20.3. The molecule has 0 fully saturated rings. The lowest BCUT2D eigenvalue weighted by molar-refractivity contribution is 0.0591. The Hall–Kier alpha value is -3.28. The van der Waals surface area contributed by atoms with E-state index in [1.54, 1.807) is 48.5 Å². The van der Waals surface area contributed by atoms with Crippen LogP contribution in [0.1, 0.15) is 20.7 Å². The smallest absolute Gasteiger partial charge is 0.337 e. The average molecular weight is 342 g/mol. The largest absolute Gasteiger partial charge is 0.486 e. The van der Waals surface area contributed by atoms with Crippen LogP contribution in [0.25, 0.3) is 0 Å². The van der Waals surface area contributed by atoms with Crippen molar-refractivity contribution in [1.29, 1.82) is 0 Å². The minimum atomic E-state index is -0.413. The van der Waals surface area contributed by atoms with E-state index in [1.807, 2.05) is 0 Å². The van der Waals surface area contributed by atoms with Crippen molar-refractivity contribution in [2.45, 2.75) is 0 Å². The van der Waals surface area contributed by atoms with Gasteiger partial charge < -0.3 is 18.9 Å². The number of benzene rings is 2. The molecule has 0 radical (unpaired) electrons. The lowest BCUT2D eigenvalue weighted by Crippen LogP contribution is -2.07. The summed E-state index contributed by atoms with van der Waals surface area (Å²) in [4.78, 5) is 22.7. The second-order valence-electron chi connectivity index (χ2n) is 4.96. The van der Waals surface area contributed by atoms with E-state index >= 15 is 0 Å². The molecule has 0 spiro atoms. The third-order valence-electron chi connectivity index (χ3n) is 3.21. The van der Waals surface area contributed by atoms with Crippen LogP contribution in [0.4, 0.5) is 0 Å². The third-order valence-corrected chi connectivity index (χ3v) is 3.21. The molecule has 0 saturated heterocycles. The zero-order valence-corrected chi connectivity index (χ0v) is 14.0. The molecule has 2 aromatic carbocycles. The number of carbonyl (C=O) groups excluding carboxylic acids is 2. The Bertz CT molecular complexity index is 746. The summed E-state index contributed by atoms with van der Waals surface area (Å²) in [6.07, 6.45) is 0. The number of hydrogen-bond acceptors (Lipinski definition) is 6. The Labute approximate surface area is 145 Å². The first kappa shape index (κ1) is 18.1. The predicted molar refractivity (Wildman–Crippen MR) is 90.8 cm³/mol. The Kier molecular flexibility index (Phi) is 6.17. The van der Waals surface area contributed by atoms with Gasteiger partial charge in [0, 0.05) is 0 Å². The first-order valence-electron chi connectivity index (χ1n) is 7.38. The second-order valence-corrected chi connectivity index (χ2v) is 4.96. The standard InChI is InChI=1S/C19H18O6/c1-13(25-17-10-6-15(7-11-17)19(21)23-3)12-24-16-8-4-14(5-9-16)18(20)22-2/h4-11H,1,12H2,2-3H3. The van der Waals surface area contributed by atoms with Gasteiger partial charge in [-0.1, -0.05) is 6.58 Å². The molecule has 0 N–H and O–H groups in total. The molecule has 0 bridgehead atoms. The van der Waals surface area contributed by atoms with Gasteiger partial charge in [-0.3, -0.25) is 0 Å². The van der Waals surface area contributed by atoms with E-state index in [4.69, 9.17) is 9.47 Å². The zero-order valence-electron chi connectivity index (χ0n) is 14.0. The molecule has 6 nitrogen and oxygen atoms in total. The van der Waals surface area contributed by atoms with Gasteiger partial charge in [-0.25, -0.2) is 9.59 Å². The molecule has 2 rings (SSSR count). The Balaban J connectivity index is 1.86. The van der Waals surface area contributed by atoms with Gasteiger partial charge in [0.05, 0.1) is 25.3 Å². The van der Waals surface area contributed by atoms with Gasteiger partial charge in [-0.05, 0) is 48.5 Å². The fraction of sp³-hybridized carbons (Fsp3) is 0.158. The van der Waals surface area contributed by atoms with Gasteiger partial charge >= 0.3 is 11.9 Å². The van der Waals surface area contributed by atoms with E-state index in [-0.39, 0.29) is 6.61 Å². The maximum absolute atomic E-state index is 11.4. The van der Waals surface area contributed by atoms with Crippen LogP contribution >= 0.6 is 0 Å². The highest BCUT2D eigenvalue weighted by Crippen LogP contribution is 2.17. The van der Waals surface area contributed by atoms with E-state index in [1.165, 1.54) is 14.2 Å². The van der Waals surface area contributed by atoms with Crippen molar-refractivity contribution in [3.63, 3.8) is 0 Å². The summed E-state index contributed by atoms with van der Waals surface area (Å²) >= 11 is 0. The number of rotatable bonds is 7. The van der Waals surface area contributed by atoms with Gasteiger partial charge in [0.2, 0.25) is 0 Å². The highest BCUT2D eigenvalue weighted by molar-refractivity contribution is 5.89. The molecule has 130 valence electrons. The van der Waals surface area contributed by atoms with Crippen LogP contribution in [0.5, 0.6) is 11.5 Å².